The van der Waals surface area contributed by atoms with Crippen LogP contribution in [0.2, 0.25) is 0 Å². The molecule has 1 N–H and O–H groups in total. The van der Waals surface area contributed by atoms with Crippen molar-refractivity contribution in [3.8, 4) is 0 Å². The molecule has 0 aliphatic carbocycles. The number of hydrogen-bond donors (Lipinski definition) is 1. The molecular weight excluding hydrogens is 408 g/mol. The Morgan fingerprint density at radius 2 is 1.69 bits per heavy atom. The number of rotatable bonds is 6. The van der Waals surface area contributed by atoms with Gasteiger partial charge in [-0.3, -0.25) is 9.59 Å². The smallest absolute Gasteiger partial charge is 0.359 e. The molecule has 1 aliphatic heterocycles. The molecule has 0 unspecified atom stereocenters. The van der Waals surface area contributed by atoms with Gasteiger partial charge in [0.05, 0.1) is 20.0 Å². The van der Waals surface area contributed by atoms with Crippen LogP contribution in [0.1, 0.15) is 39.0 Å². The van der Waals surface area contributed by atoms with Crippen molar-refractivity contribution in [1.82, 2.24) is 19.8 Å². The highest BCUT2D eigenvalue weighted by Gasteiger charge is 2.48. The number of ether oxygens (including phenoxy) is 1. The number of imidazole rings is 1. The average molecular weight is 432 g/mol. The number of carbonyl (C=O) groups is 3. The molecule has 0 saturated heterocycles. The molecule has 8 heteroatoms. The largest absolute Gasteiger partial charge is 0.464 e. The van der Waals surface area contributed by atoms with Crippen LogP contribution in [0, 0.1) is 0 Å². The van der Waals surface area contributed by atoms with E-state index >= 15 is 0 Å². The molecule has 3 aromatic rings. The molecule has 2 aromatic carbocycles. The summed E-state index contributed by atoms with van der Waals surface area (Å²) >= 11 is 0. The van der Waals surface area contributed by atoms with Crippen LogP contribution in [0.4, 0.5) is 0 Å². The number of methoxy groups -OCH3 is 1. The predicted molar refractivity (Wildman–Crippen MR) is 117 cm³/mol. The lowest BCUT2D eigenvalue weighted by Gasteiger charge is -2.43. The summed E-state index contributed by atoms with van der Waals surface area (Å²) < 4.78 is 6.34. The van der Waals surface area contributed by atoms with Crippen molar-refractivity contribution in [3.63, 3.8) is 0 Å². The van der Waals surface area contributed by atoms with Gasteiger partial charge in [0.1, 0.15) is 11.2 Å². The molecular formula is C24H24N4O4. The van der Waals surface area contributed by atoms with E-state index in [0.717, 1.165) is 11.1 Å². The minimum Gasteiger partial charge on any atom is -0.464 e. The second-order valence-electron chi connectivity index (χ2n) is 7.88. The minimum absolute atomic E-state index is 0.0534. The van der Waals surface area contributed by atoms with Gasteiger partial charge in [0.15, 0.2) is 5.69 Å². The highest BCUT2D eigenvalue weighted by molar-refractivity contribution is 6.06. The number of fused-ring (bicyclic) bond motifs is 1. The van der Waals surface area contributed by atoms with Gasteiger partial charge in [0.25, 0.3) is 5.91 Å². The Kier molecular flexibility index (Phi) is 5.77. The Hall–Kier alpha value is -3.94. The van der Waals surface area contributed by atoms with Crippen molar-refractivity contribution < 1.29 is 19.1 Å². The number of aromatic nitrogens is 2. The first-order valence-corrected chi connectivity index (χ1v) is 10.3. The third kappa shape index (κ3) is 3.87. The molecule has 0 saturated carbocycles. The molecule has 1 atom stereocenters. The van der Waals surface area contributed by atoms with Gasteiger partial charge < -0.3 is 19.5 Å². The maximum absolute atomic E-state index is 13.6. The summed E-state index contributed by atoms with van der Waals surface area (Å²) in [6, 6.07) is 19.0. The number of nitrogens with zero attached hydrogens (tertiary/aromatic N) is 3. The van der Waals surface area contributed by atoms with Gasteiger partial charge in [-0.15, -0.1) is 0 Å². The molecule has 0 fully saturated rings. The van der Waals surface area contributed by atoms with Gasteiger partial charge in [0.2, 0.25) is 5.91 Å². The number of amides is 2. The summed E-state index contributed by atoms with van der Waals surface area (Å²) in [4.78, 5) is 44.8. The van der Waals surface area contributed by atoms with Gasteiger partial charge in [-0.05, 0) is 18.1 Å². The molecule has 0 bridgehead atoms. The maximum atomic E-state index is 13.6. The van der Waals surface area contributed by atoms with Crippen LogP contribution in [0.5, 0.6) is 0 Å². The molecule has 8 nitrogen and oxygen atoms in total. The fourth-order valence-corrected chi connectivity index (χ4v) is 3.92. The summed E-state index contributed by atoms with van der Waals surface area (Å²) in [6.45, 7) is 2.44. The Labute approximate surface area is 185 Å². The minimum atomic E-state index is -1.19. The van der Waals surface area contributed by atoms with Crippen LogP contribution >= 0.6 is 0 Å². The molecule has 1 aromatic heterocycles. The Morgan fingerprint density at radius 1 is 1.06 bits per heavy atom. The topological polar surface area (TPSA) is 93.5 Å². The normalized spacial score (nSPS) is 17.6. The van der Waals surface area contributed by atoms with E-state index in [1.165, 1.54) is 18.3 Å². The van der Waals surface area contributed by atoms with Crippen LogP contribution in [0.3, 0.4) is 0 Å². The molecule has 4 rings (SSSR count). The van der Waals surface area contributed by atoms with Gasteiger partial charge in [0, 0.05) is 13.1 Å². The first-order chi connectivity index (χ1) is 15.4. The number of esters is 1. The van der Waals surface area contributed by atoms with Crippen LogP contribution in [0.15, 0.2) is 67.0 Å². The Bertz CT molecular complexity index is 1140. The maximum Gasteiger partial charge on any atom is 0.359 e. The fourth-order valence-electron chi connectivity index (χ4n) is 3.92. The molecule has 0 spiro atoms. The van der Waals surface area contributed by atoms with Gasteiger partial charge >= 0.3 is 5.97 Å². The zero-order chi connectivity index (χ0) is 22.7. The third-order valence-corrected chi connectivity index (χ3v) is 5.71. The molecule has 0 radical (unpaired) electrons. The average Bonchev–Trinajstić information content (AvgIpc) is 3.24. The molecule has 32 heavy (non-hydrogen) atoms. The lowest BCUT2D eigenvalue weighted by molar-refractivity contribution is -0.133. The quantitative estimate of drug-likeness (QED) is 0.604. The lowest BCUT2D eigenvalue weighted by atomic mass is 9.93. The second kappa shape index (κ2) is 8.66. The molecule has 1 aliphatic rings. The van der Waals surface area contributed by atoms with E-state index in [1.807, 2.05) is 60.7 Å². The van der Waals surface area contributed by atoms with E-state index in [4.69, 9.17) is 4.74 Å². The SMILES string of the molecule is COC(=O)c1ncn2c1C(=O)N(Cc1ccccc1)[C@@](C)(C(=O)NCc1ccccc1)C2. The van der Waals surface area contributed by atoms with Crippen molar-refractivity contribution in [2.75, 3.05) is 7.11 Å². The zero-order valence-electron chi connectivity index (χ0n) is 17.9. The van der Waals surface area contributed by atoms with Crippen molar-refractivity contribution in [1.29, 1.82) is 0 Å². The summed E-state index contributed by atoms with van der Waals surface area (Å²) in [5.41, 5.74) is 0.708. The number of benzene rings is 2. The van der Waals surface area contributed by atoms with Crippen molar-refractivity contribution >= 4 is 17.8 Å². The van der Waals surface area contributed by atoms with Gasteiger partial charge in [-0.1, -0.05) is 60.7 Å². The number of hydrogen-bond acceptors (Lipinski definition) is 5. The first kappa shape index (κ1) is 21.3. The van der Waals surface area contributed by atoms with Gasteiger partial charge in [-0.25, -0.2) is 9.78 Å². The van der Waals surface area contributed by atoms with Crippen LogP contribution in [0.25, 0.3) is 0 Å². The van der Waals surface area contributed by atoms with Gasteiger partial charge in [-0.2, -0.15) is 0 Å². The van der Waals surface area contributed by atoms with E-state index in [9.17, 15) is 14.4 Å². The van der Waals surface area contributed by atoms with E-state index in [-0.39, 0.29) is 30.4 Å². The summed E-state index contributed by atoms with van der Waals surface area (Å²) in [6.07, 6.45) is 1.40. The standard InChI is InChI=1S/C24H24N4O4/c1-24(23(31)25-13-17-9-5-3-6-10-17)15-27-16-26-19(22(30)32-2)20(27)21(29)28(24)14-18-11-7-4-8-12-18/h3-12,16H,13-15H2,1-2H3,(H,25,31)/t24-/m1/s1. The van der Waals surface area contributed by atoms with E-state index < -0.39 is 17.4 Å². The molecule has 2 amide bonds. The molecule has 164 valence electrons. The monoisotopic (exact) mass is 432 g/mol. The van der Waals surface area contributed by atoms with E-state index in [1.54, 1.807) is 11.5 Å². The van der Waals surface area contributed by atoms with Crippen molar-refractivity contribution in [2.24, 2.45) is 0 Å². The summed E-state index contributed by atoms with van der Waals surface area (Å²) in [7, 11) is 1.24. The van der Waals surface area contributed by atoms with Crippen LogP contribution in [-0.2, 0) is 29.2 Å². The zero-order valence-corrected chi connectivity index (χ0v) is 17.9. The van der Waals surface area contributed by atoms with E-state index in [2.05, 4.69) is 10.3 Å². The lowest BCUT2D eigenvalue weighted by Crippen LogP contribution is -2.63. The predicted octanol–water partition coefficient (Wildman–Crippen LogP) is 2.40. The fraction of sp³-hybridized carbons (Fsp3) is 0.250. The highest BCUT2D eigenvalue weighted by Crippen LogP contribution is 2.30. The number of nitrogens with one attached hydrogen (secondary N) is 1. The van der Waals surface area contributed by atoms with Crippen molar-refractivity contribution in [3.05, 3.63) is 89.5 Å². The highest BCUT2D eigenvalue weighted by atomic mass is 16.5. The van der Waals surface area contributed by atoms with Crippen LogP contribution < -0.4 is 5.32 Å². The first-order valence-electron chi connectivity index (χ1n) is 10.3. The summed E-state index contributed by atoms with van der Waals surface area (Å²) in [5.74, 6) is -1.43. The molecule has 2 heterocycles. The Balaban J connectivity index is 1.69. The summed E-state index contributed by atoms with van der Waals surface area (Å²) in [5, 5.41) is 2.96. The van der Waals surface area contributed by atoms with Crippen molar-refractivity contribution in [2.45, 2.75) is 32.1 Å². The second-order valence-corrected chi connectivity index (χ2v) is 7.88. The Morgan fingerprint density at radius 3 is 2.31 bits per heavy atom. The number of carbonyl (C=O) groups excluding carboxylic acids is 3. The van der Waals surface area contributed by atoms with E-state index in [0.29, 0.717) is 6.54 Å². The van der Waals surface area contributed by atoms with Crippen LogP contribution in [-0.4, -0.2) is 44.9 Å². The third-order valence-electron chi connectivity index (χ3n) is 5.71.